The molecule has 0 bridgehead atoms. The number of thiophene rings is 1. The SMILES string of the molecule is C=CCn1c(SCCOCC)nc2sc3c(c2c1=O)CCC(C)C3. The van der Waals surface area contributed by atoms with Crippen molar-refractivity contribution in [3.63, 3.8) is 0 Å². The number of hydrogen-bond acceptors (Lipinski definition) is 5. The van der Waals surface area contributed by atoms with Gasteiger partial charge in [0.15, 0.2) is 5.16 Å². The number of hydrogen-bond donors (Lipinski definition) is 0. The molecule has 130 valence electrons. The summed E-state index contributed by atoms with van der Waals surface area (Å²) in [5, 5.41) is 1.62. The van der Waals surface area contributed by atoms with Crippen LogP contribution in [0, 0.1) is 5.92 Å². The van der Waals surface area contributed by atoms with E-state index in [2.05, 4.69) is 13.5 Å². The average Bonchev–Trinajstić information content (AvgIpc) is 2.92. The first-order valence-corrected chi connectivity index (χ1v) is 10.3. The number of aromatic nitrogens is 2. The van der Waals surface area contributed by atoms with Crippen molar-refractivity contribution in [2.45, 2.75) is 44.8 Å². The summed E-state index contributed by atoms with van der Waals surface area (Å²) in [6.07, 6.45) is 5.00. The molecule has 6 heteroatoms. The van der Waals surface area contributed by atoms with Gasteiger partial charge in [0.05, 0.1) is 12.0 Å². The van der Waals surface area contributed by atoms with E-state index in [1.54, 1.807) is 33.7 Å². The highest BCUT2D eigenvalue weighted by atomic mass is 32.2. The Morgan fingerprint density at radius 2 is 2.38 bits per heavy atom. The van der Waals surface area contributed by atoms with E-state index in [0.717, 1.165) is 40.4 Å². The lowest BCUT2D eigenvalue weighted by molar-refractivity contribution is 0.164. The van der Waals surface area contributed by atoms with Gasteiger partial charge in [-0.3, -0.25) is 9.36 Å². The van der Waals surface area contributed by atoms with Crippen LogP contribution < -0.4 is 5.56 Å². The van der Waals surface area contributed by atoms with Gasteiger partial charge in [0, 0.05) is 23.8 Å². The minimum atomic E-state index is 0.0888. The van der Waals surface area contributed by atoms with Crippen LogP contribution in [0.25, 0.3) is 10.2 Å². The van der Waals surface area contributed by atoms with Crippen LogP contribution in [0.4, 0.5) is 0 Å². The van der Waals surface area contributed by atoms with Crippen molar-refractivity contribution in [2.24, 2.45) is 5.92 Å². The van der Waals surface area contributed by atoms with Crippen molar-refractivity contribution in [2.75, 3.05) is 19.0 Å². The van der Waals surface area contributed by atoms with Gasteiger partial charge in [-0.05, 0) is 37.7 Å². The van der Waals surface area contributed by atoms with E-state index in [1.165, 1.54) is 10.4 Å². The van der Waals surface area contributed by atoms with Crippen LogP contribution in [0.3, 0.4) is 0 Å². The minimum absolute atomic E-state index is 0.0888. The maximum Gasteiger partial charge on any atom is 0.263 e. The molecule has 0 saturated heterocycles. The Hall–Kier alpha value is -1.11. The fourth-order valence-corrected chi connectivity index (χ4v) is 5.43. The minimum Gasteiger partial charge on any atom is -0.381 e. The topological polar surface area (TPSA) is 44.1 Å². The predicted molar refractivity (Wildman–Crippen MR) is 102 cm³/mol. The molecule has 4 nitrogen and oxygen atoms in total. The first-order chi connectivity index (χ1) is 11.7. The molecule has 0 aromatic carbocycles. The molecule has 0 amide bonds. The van der Waals surface area contributed by atoms with Crippen molar-refractivity contribution in [3.05, 3.63) is 33.4 Å². The number of fused-ring (bicyclic) bond motifs is 3. The van der Waals surface area contributed by atoms with Gasteiger partial charge in [0.2, 0.25) is 0 Å². The smallest absolute Gasteiger partial charge is 0.263 e. The van der Waals surface area contributed by atoms with Crippen molar-refractivity contribution in [3.8, 4) is 0 Å². The van der Waals surface area contributed by atoms with E-state index in [-0.39, 0.29) is 5.56 Å². The second-order valence-electron chi connectivity index (χ2n) is 6.18. The first kappa shape index (κ1) is 17.7. The van der Waals surface area contributed by atoms with Gasteiger partial charge in [-0.1, -0.05) is 24.8 Å². The van der Waals surface area contributed by atoms with Crippen LogP contribution in [0.15, 0.2) is 22.6 Å². The van der Waals surface area contributed by atoms with Gasteiger partial charge in [-0.25, -0.2) is 4.98 Å². The summed E-state index contributed by atoms with van der Waals surface area (Å²) in [5.41, 5.74) is 1.33. The van der Waals surface area contributed by atoms with Crippen molar-refractivity contribution in [1.29, 1.82) is 0 Å². The van der Waals surface area contributed by atoms with Crippen molar-refractivity contribution in [1.82, 2.24) is 9.55 Å². The summed E-state index contributed by atoms with van der Waals surface area (Å²) in [6.45, 7) is 9.94. The van der Waals surface area contributed by atoms with Crippen LogP contribution in [0.5, 0.6) is 0 Å². The van der Waals surface area contributed by atoms with Gasteiger partial charge in [-0.2, -0.15) is 0 Å². The van der Waals surface area contributed by atoms with E-state index in [4.69, 9.17) is 9.72 Å². The molecule has 0 saturated carbocycles. The Morgan fingerprint density at radius 1 is 1.54 bits per heavy atom. The highest BCUT2D eigenvalue weighted by molar-refractivity contribution is 7.99. The van der Waals surface area contributed by atoms with Crippen LogP contribution in [0.1, 0.15) is 30.7 Å². The summed E-state index contributed by atoms with van der Waals surface area (Å²) in [5.74, 6) is 1.49. The van der Waals surface area contributed by atoms with Gasteiger partial charge in [0.1, 0.15) is 4.83 Å². The second-order valence-corrected chi connectivity index (χ2v) is 8.32. The third-order valence-electron chi connectivity index (χ3n) is 4.35. The molecule has 0 fully saturated rings. The number of aryl methyl sites for hydroxylation is 1. The quantitative estimate of drug-likeness (QED) is 0.323. The molecule has 1 aliphatic carbocycles. The Kier molecular flexibility index (Phi) is 5.79. The summed E-state index contributed by atoms with van der Waals surface area (Å²) < 4.78 is 7.16. The zero-order valence-corrected chi connectivity index (χ0v) is 16.0. The van der Waals surface area contributed by atoms with Gasteiger partial charge >= 0.3 is 0 Å². The van der Waals surface area contributed by atoms with Crippen molar-refractivity contribution >= 4 is 33.3 Å². The highest BCUT2D eigenvalue weighted by Crippen LogP contribution is 2.36. The molecule has 2 aromatic rings. The lowest BCUT2D eigenvalue weighted by Crippen LogP contribution is -2.23. The fourth-order valence-electron chi connectivity index (χ4n) is 3.14. The van der Waals surface area contributed by atoms with Crippen LogP contribution in [-0.2, 0) is 24.1 Å². The molecule has 2 heterocycles. The van der Waals surface area contributed by atoms with E-state index in [1.807, 2.05) is 6.92 Å². The third-order valence-corrected chi connectivity index (χ3v) is 6.44. The normalized spacial score (nSPS) is 17.2. The summed E-state index contributed by atoms with van der Waals surface area (Å²) >= 11 is 3.30. The van der Waals surface area contributed by atoms with Gasteiger partial charge in [0.25, 0.3) is 5.56 Å². The molecule has 0 N–H and O–H groups in total. The lowest BCUT2D eigenvalue weighted by Gasteiger charge is -2.17. The first-order valence-electron chi connectivity index (χ1n) is 8.52. The number of ether oxygens (including phenoxy) is 1. The van der Waals surface area contributed by atoms with E-state index in [0.29, 0.717) is 25.7 Å². The molecule has 0 radical (unpaired) electrons. The van der Waals surface area contributed by atoms with Crippen molar-refractivity contribution < 1.29 is 4.74 Å². The Balaban J connectivity index is 2.03. The number of rotatable bonds is 7. The van der Waals surface area contributed by atoms with Crippen LogP contribution in [-0.4, -0.2) is 28.5 Å². The highest BCUT2D eigenvalue weighted by Gasteiger charge is 2.24. The molecular weight excluding hydrogens is 340 g/mol. The average molecular weight is 365 g/mol. The standard InChI is InChI=1S/C18H24N2O2S2/c1-4-8-20-17(21)15-13-7-6-12(3)11-14(13)24-16(15)19-18(20)23-10-9-22-5-2/h4,12H,1,5-11H2,2-3H3. The summed E-state index contributed by atoms with van der Waals surface area (Å²) in [7, 11) is 0. The van der Waals surface area contributed by atoms with Crippen LogP contribution in [0.2, 0.25) is 0 Å². The largest absolute Gasteiger partial charge is 0.381 e. The zero-order chi connectivity index (χ0) is 17.1. The molecule has 1 aliphatic rings. The molecule has 2 aromatic heterocycles. The number of allylic oxidation sites excluding steroid dienone is 1. The number of thioether (sulfide) groups is 1. The van der Waals surface area contributed by atoms with E-state index < -0.39 is 0 Å². The number of nitrogens with zero attached hydrogens (tertiary/aromatic N) is 2. The maximum absolute atomic E-state index is 13.1. The Morgan fingerprint density at radius 3 is 3.12 bits per heavy atom. The van der Waals surface area contributed by atoms with Crippen LogP contribution >= 0.6 is 23.1 Å². The summed E-state index contributed by atoms with van der Waals surface area (Å²) in [6, 6.07) is 0. The fraction of sp³-hybridized carbons (Fsp3) is 0.556. The molecule has 0 aliphatic heterocycles. The molecule has 1 unspecified atom stereocenters. The van der Waals surface area contributed by atoms with E-state index in [9.17, 15) is 4.79 Å². The second kappa shape index (κ2) is 7.85. The molecule has 1 atom stereocenters. The predicted octanol–water partition coefficient (Wildman–Crippen LogP) is 3.90. The Labute approximate surface area is 150 Å². The maximum atomic E-state index is 13.1. The molecule has 0 spiro atoms. The molecular formula is C18H24N2O2S2. The van der Waals surface area contributed by atoms with E-state index >= 15 is 0 Å². The lowest BCUT2D eigenvalue weighted by atomic mass is 9.89. The molecule has 24 heavy (non-hydrogen) atoms. The third kappa shape index (κ3) is 3.46. The molecule has 3 rings (SSSR count). The Bertz CT molecular complexity index is 794. The monoisotopic (exact) mass is 364 g/mol. The summed E-state index contributed by atoms with van der Waals surface area (Å²) in [4.78, 5) is 20.2. The zero-order valence-electron chi connectivity index (χ0n) is 14.3. The van der Waals surface area contributed by atoms with Gasteiger partial charge < -0.3 is 4.74 Å². The van der Waals surface area contributed by atoms with Gasteiger partial charge in [-0.15, -0.1) is 17.9 Å².